The third-order valence-corrected chi connectivity index (χ3v) is 3.89. The van der Waals surface area contributed by atoms with E-state index in [2.05, 4.69) is 6.92 Å². The molecule has 1 aromatic carbocycles. The molecular formula is C17H26ClFO. The van der Waals surface area contributed by atoms with Crippen molar-refractivity contribution in [3.05, 3.63) is 34.6 Å². The molecule has 0 aliphatic rings. The molecule has 1 aromatic rings. The van der Waals surface area contributed by atoms with E-state index >= 15 is 0 Å². The monoisotopic (exact) mass is 300 g/mol. The van der Waals surface area contributed by atoms with Gasteiger partial charge in [-0.2, -0.15) is 0 Å². The van der Waals surface area contributed by atoms with Gasteiger partial charge in [0.15, 0.2) is 0 Å². The first-order chi connectivity index (χ1) is 9.63. The van der Waals surface area contributed by atoms with Crippen LogP contribution in [0, 0.1) is 5.82 Å². The van der Waals surface area contributed by atoms with Crippen molar-refractivity contribution in [3.8, 4) is 0 Å². The summed E-state index contributed by atoms with van der Waals surface area (Å²) >= 11 is 5.73. The Morgan fingerprint density at radius 2 is 1.75 bits per heavy atom. The van der Waals surface area contributed by atoms with Gasteiger partial charge in [0.2, 0.25) is 0 Å². The Morgan fingerprint density at radius 3 is 2.40 bits per heavy atom. The first-order valence-corrected chi connectivity index (χ1v) is 8.13. The van der Waals surface area contributed by atoms with E-state index in [4.69, 9.17) is 11.6 Å². The fourth-order valence-electron chi connectivity index (χ4n) is 2.38. The molecule has 0 saturated carbocycles. The van der Waals surface area contributed by atoms with Crippen LogP contribution >= 0.6 is 11.6 Å². The van der Waals surface area contributed by atoms with E-state index < -0.39 is 5.82 Å². The number of aliphatic hydroxyl groups excluding tert-OH is 1. The highest BCUT2D eigenvalue weighted by molar-refractivity contribution is 6.30. The normalized spacial score (nSPS) is 12.6. The third kappa shape index (κ3) is 7.25. The minimum atomic E-state index is -0.406. The molecule has 0 aromatic heterocycles. The summed E-state index contributed by atoms with van der Waals surface area (Å²) in [4.78, 5) is 0. The lowest BCUT2D eigenvalue weighted by Gasteiger charge is -2.11. The van der Waals surface area contributed by atoms with E-state index in [-0.39, 0.29) is 11.1 Å². The first kappa shape index (κ1) is 17.5. The topological polar surface area (TPSA) is 20.2 Å². The number of hydrogen-bond acceptors (Lipinski definition) is 1. The largest absolute Gasteiger partial charge is 0.393 e. The predicted molar refractivity (Wildman–Crippen MR) is 83.7 cm³/mol. The zero-order valence-corrected chi connectivity index (χ0v) is 13.1. The second kappa shape index (κ2) is 10.2. The maximum Gasteiger partial charge on any atom is 0.141 e. The number of benzene rings is 1. The third-order valence-electron chi connectivity index (χ3n) is 3.60. The average Bonchev–Trinajstić information content (AvgIpc) is 2.42. The molecule has 0 aliphatic heterocycles. The van der Waals surface area contributed by atoms with Crippen LogP contribution in [0.1, 0.15) is 63.9 Å². The molecule has 1 atom stereocenters. The second-order valence-electron chi connectivity index (χ2n) is 5.52. The van der Waals surface area contributed by atoms with Crippen LogP contribution in [0.2, 0.25) is 5.02 Å². The molecule has 0 radical (unpaired) electrons. The van der Waals surface area contributed by atoms with E-state index in [1.807, 2.05) is 0 Å². The van der Waals surface area contributed by atoms with Gasteiger partial charge in [-0.05, 0) is 30.5 Å². The summed E-state index contributed by atoms with van der Waals surface area (Å²) in [6.45, 7) is 2.22. The Labute approximate surface area is 127 Å². The summed E-state index contributed by atoms with van der Waals surface area (Å²) < 4.78 is 13.0. The molecule has 1 unspecified atom stereocenters. The molecule has 114 valence electrons. The molecular weight excluding hydrogens is 275 g/mol. The van der Waals surface area contributed by atoms with Crippen molar-refractivity contribution >= 4 is 11.6 Å². The minimum absolute atomic E-state index is 0.130. The molecule has 0 aliphatic carbocycles. The van der Waals surface area contributed by atoms with Gasteiger partial charge in [0.1, 0.15) is 5.82 Å². The van der Waals surface area contributed by atoms with E-state index in [9.17, 15) is 9.50 Å². The van der Waals surface area contributed by atoms with Crippen LogP contribution in [0.15, 0.2) is 18.2 Å². The summed E-state index contributed by atoms with van der Waals surface area (Å²) in [5.74, 6) is -0.406. The summed E-state index contributed by atoms with van der Waals surface area (Å²) in [5, 5.41) is 10.1. The highest BCUT2D eigenvalue weighted by atomic mass is 35.5. The van der Waals surface area contributed by atoms with Crippen LogP contribution in [0.4, 0.5) is 4.39 Å². The smallest absolute Gasteiger partial charge is 0.141 e. The van der Waals surface area contributed by atoms with Gasteiger partial charge in [-0.3, -0.25) is 0 Å². The zero-order valence-electron chi connectivity index (χ0n) is 12.4. The van der Waals surface area contributed by atoms with Gasteiger partial charge in [-0.1, -0.05) is 69.5 Å². The Hall–Kier alpha value is -0.600. The van der Waals surface area contributed by atoms with Crippen molar-refractivity contribution in [2.24, 2.45) is 0 Å². The van der Waals surface area contributed by atoms with E-state index in [0.29, 0.717) is 6.42 Å². The summed E-state index contributed by atoms with van der Waals surface area (Å²) in [6.07, 6.45) is 9.74. The zero-order chi connectivity index (χ0) is 14.8. The van der Waals surface area contributed by atoms with Gasteiger partial charge in [0.05, 0.1) is 11.1 Å². The first-order valence-electron chi connectivity index (χ1n) is 7.75. The summed E-state index contributed by atoms with van der Waals surface area (Å²) in [6, 6.07) is 4.65. The van der Waals surface area contributed by atoms with Crippen molar-refractivity contribution in [2.75, 3.05) is 0 Å². The standard InChI is InChI=1S/C17H26ClFO/c1-2-3-4-5-6-7-8-9-15(20)12-14-10-11-17(19)16(18)13-14/h10-11,13,15,20H,2-9,12H2,1H3. The number of unbranched alkanes of at least 4 members (excludes halogenated alkanes) is 6. The summed E-state index contributed by atoms with van der Waals surface area (Å²) in [7, 11) is 0. The molecule has 0 saturated heterocycles. The van der Waals surface area contributed by atoms with Gasteiger partial charge in [0, 0.05) is 0 Å². The van der Waals surface area contributed by atoms with Crippen LogP contribution in [0.25, 0.3) is 0 Å². The maximum atomic E-state index is 13.0. The van der Waals surface area contributed by atoms with Gasteiger partial charge in [-0.25, -0.2) is 4.39 Å². The van der Waals surface area contributed by atoms with Gasteiger partial charge in [0.25, 0.3) is 0 Å². The molecule has 0 spiro atoms. The highest BCUT2D eigenvalue weighted by Gasteiger charge is 2.07. The Kier molecular flexibility index (Phi) is 8.88. The number of hydrogen-bond donors (Lipinski definition) is 1. The van der Waals surface area contributed by atoms with Crippen molar-refractivity contribution in [1.29, 1.82) is 0 Å². The molecule has 3 heteroatoms. The van der Waals surface area contributed by atoms with Crippen LogP contribution in [0.3, 0.4) is 0 Å². The number of aliphatic hydroxyl groups is 1. The fourth-order valence-corrected chi connectivity index (χ4v) is 2.58. The van der Waals surface area contributed by atoms with Crippen molar-refractivity contribution in [1.82, 2.24) is 0 Å². The van der Waals surface area contributed by atoms with Crippen LogP contribution < -0.4 is 0 Å². The van der Waals surface area contributed by atoms with Gasteiger partial charge < -0.3 is 5.11 Å². The quantitative estimate of drug-likeness (QED) is 0.564. The van der Waals surface area contributed by atoms with Gasteiger partial charge >= 0.3 is 0 Å². The lowest BCUT2D eigenvalue weighted by atomic mass is 10.0. The molecule has 0 bridgehead atoms. The van der Waals surface area contributed by atoms with E-state index in [1.165, 1.54) is 44.6 Å². The molecule has 20 heavy (non-hydrogen) atoms. The Balaban J connectivity index is 2.13. The van der Waals surface area contributed by atoms with Crippen LogP contribution in [0.5, 0.6) is 0 Å². The van der Waals surface area contributed by atoms with Crippen molar-refractivity contribution in [3.63, 3.8) is 0 Å². The van der Waals surface area contributed by atoms with Gasteiger partial charge in [-0.15, -0.1) is 0 Å². The highest BCUT2D eigenvalue weighted by Crippen LogP contribution is 2.18. The number of rotatable bonds is 10. The fraction of sp³-hybridized carbons (Fsp3) is 0.647. The van der Waals surface area contributed by atoms with Crippen molar-refractivity contribution < 1.29 is 9.50 Å². The maximum absolute atomic E-state index is 13.0. The molecule has 1 rings (SSSR count). The lowest BCUT2D eigenvalue weighted by molar-refractivity contribution is 0.161. The SMILES string of the molecule is CCCCCCCCCC(O)Cc1ccc(F)c(Cl)c1. The molecule has 0 amide bonds. The average molecular weight is 301 g/mol. The van der Waals surface area contributed by atoms with Crippen LogP contribution in [-0.2, 0) is 6.42 Å². The second-order valence-corrected chi connectivity index (χ2v) is 5.92. The summed E-state index contributed by atoms with van der Waals surface area (Å²) in [5.41, 5.74) is 0.895. The molecule has 0 fully saturated rings. The van der Waals surface area contributed by atoms with Crippen molar-refractivity contribution in [2.45, 2.75) is 70.8 Å². The van der Waals surface area contributed by atoms with E-state index in [1.54, 1.807) is 12.1 Å². The lowest BCUT2D eigenvalue weighted by Crippen LogP contribution is -2.10. The molecule has 1 N–H and O–H groups in total. The Bertz CT molecular complexity index is 381. The molecule has 1 nitrogen and oxygen atoms in total. The van der Waals surface area contributed by atoms with Crippen LogP contribution in [-0.4, -0.2) is 11.2 Å². The predicted octanol–water partition coefficient (Wildman–Crippen LogP) is 5.52. The number of halogens is 2. The van der Waals surface area contributed by atoms with E-state index in [0.717, 1.165) is 18.4 Å². The Morgan fingerprint density at radius 1 is 1.10 bits per heavy atom. The minimum Gasteiger partial charge on any atom is -0.393 e. The molecule has 0 heterocycles.